The Kier molecular flexibility index (Phi) is 6.44. The van der Waals surface area contributed by atoms with Crippen LogP contribution < -0.4 is 0 Å². The molecule has 0 spiro atoms. The van der Waals surface area contributed by atoms with Gasteiger partial charge in [-0.3, -0.25) is 4.79 Å². The first-order valence-electron chi connectivity index (χ1n) is 4.49. The Balaban J connectivity index is 3.73. The molecule has 0 radical (unpaired) electrons. The number of hydrogen-bond donors (Lipinski definition) is 0. The summed E-state index contributed by atoms with van der Waals surface area (Å²) in [7, 11) is 0. The van der Waals surface area contributed by atoms with Gasteiger partial charge in [-0.2, -0.15) is 0 Å². The first kappa shape index (κ1) is 11.2. The Morgan fingerprint density at radius 3 is 2.50 bits per heavy atom. The molecule has 0 amide bonds. The van der Waals surface area contributed by atoms with Crippen molar-refractivity contribution in [2.75, 3.05) is 0 Å². The molecule has 0 atom stereocenters. The highest BCUT2D eigenvalue weighted by atomic mass is 16.5. The Bertz CT molecular complexity index is 159. The summed E-state index contributed by atoms with van der Waals surface area (Å²) in [5.74, 6) is 0.751. The van der Waals surface area contributed by atoms with Gasteiger partial charge in [0.15, 0.2) is 0 Å². The minimum atomic E-state index is 0.485. The molecule has 0 aromatic carbocycles. The van der Waals surface area contributed by atoms with Crippen molar-refractivity contribution in [1.82, 2.24) is 0 Å². The second-order valence-corrected chi connectivity index (χ2v) is 3.01. The van der Waals surface area contributed by atoms with Crippen LogP contribution in [0.2, 0.25) is 0 Å². The van der Waals surface area contributed by atoms with Gasteiger partial charge < -0.3 is 4.74 Å². The van der Waals surface area contributed by atoms with E-state index in [4.69, 9.17) is 4.74 Å². The molecule has 2 heteroatoms. The van der Waals surface area contributed by atoms with E-state index < -0.39 is 0 Å². The minimum Gasteiger partial charge on any atom is -0.434 e. The number of ether oxygens (including phenoxy) is 1. The van der Waals surface area contributed by atoms with E-state index in [9.17, 15) is 4.79 Å². The smallest absolute Gasteiger partial charge is 0.298 e. The van der Waals surface area contributed by atoms with Gasteiger partial charge in [0.05, 0.1) is 0 Å². The van der Waals surface area contributed by atoms with Crippen LogP contribution in [0.3, 0.4) is 0 Å². The summed E-state index contributed by atoms with van der Waals surface area (Å²) in [5, 5.41) is 0. The van der Waals surface area contributed by atoms with Crippen LogP contribution in [-0.4, -0.2) is 6.47 Å². The van der Waals surface area contributed by atoms with E-state index >= 15 is 0 Å². The lowest BCUT2D eigenvalue weighted by atomic mass is 10.1. The zero-order valence-electron chi connectivity index (χ0n) is 8.22. The molecule has 0 rings (SSSR count). The molecule has 0 saturated carbocycles. The molecule has 2 nitrogen and oxygen atoms in total. The van der Waals surface area contributed by atoms with Crippen molar-refractivity contribution >= 4 is 6.47 Å². The third-order valence-corrected chi connectivity index (χ3v) is 1.98. The van der Waals surface area contributed by atoms with E-state index in [-0.39, 0.29) is 0 Å². The third kappa shape index (κ3) is 4.94. The maximum atomic E-state index is 9.99. The molecule has 0 aliphatic rings. The second kappa shape index (κ2) is 6.89. The van der Waals surface area contributed by atoms with Gasteiger partial charge in [-0.05, 0) is 32.3 Å². The van der Waals surface area contributed by atoms with Crippen LogP contribution in [0, 0.1) is 0 Å². The van der Waals surface area contributed by atoms with E-state index in [0.717, 1.165) is 12.2 Å². The molecule has 0 saturated heterocycles. The fraction of sp³-hybridized carbons (Fsp3) is 0.700. The first-order chi connectivity index (χ1) is 5.72. The molecule has 0 unspecified atom stereocenters. The topological polar surface area (TPSA) is 26.3 Å². The summed E-state index contributed by atoms with van der Waals surface area (Å²) in [6.45, 7) is 6.50. The number of carbonyl (C=O) groups is 1. The highest BCUT2D eigenvalue weighted by molar-refractivity contribution is 5.40. The Morgan fingerprint density at radius 2 is 2.00 bits per heavy atom. The highest BCUT2D eigenvalue weighted by Crippen LogP contribution is 2.12. The first-order valence-corrected chi connectivity index (χ1v) is 4.49. The number of hydrogen-bond acceptors (Lipinski definition) is 2. The SMILES string of the molecule is CCCCC/C(C)=C(\C)OC=O. The van der Waals surface area contributed by atoms with Gasteiger partial charge in [0.2, 0.25) is 0 Å². The normalized spacial score (nSPS) is 12.2. The largest absolute Gasteiger partial charge is 0.434 e. The second-order valence-electron chi connectivity index (χ2n) is 3.01. The lowest BCUT2D eigenvalue weighted by Gasteiger charge is -2.04. The summed E-state index contributed by atoms with van der Waals surface area (Å²) < 4.78 is 4.73. The van der Waals surface area contributed by atoms with Crippen molar-refractivity contribution in [3.05, 3.63) is 11.3 Å². The Hall–Kier alpha value is -0.790. The standard InChI is InChI=1S/C10H18O2/c1-4-5-6-7-9(2)10(3)12-8-11/h8H,4-7H2,1-3H3/b10-9+. The van der Waals surface area contributed by atoms with Gasteiger partial charge in [0.1, 0.15) is 5.76 Å². The Morgan fingerprint density at radius 1 is 1.33 bits per heavy atom. The molecule has 70 valence electrons. The van der Waals surface area contributed by atoms with E-state index in [1.165, 1.54) is 24.8 Å². The van der Waals surface area contributed by atoms with Gasteiger partial charge in [-0.15, -0.1) is 0 Å². The molecule has 12 heavy (non-hydrogen) atoms. The Labute approximate surface area is 74.6 Å². The maximum Gasteiger partial charge on any atom is 0.298 e. The lowest BCUT2D eigenvalue weighted by molar-refractivity contribution is -0.125. The third-order valence-electron chi connectivity index (χ3n) is 1.98. The van der Waals surface area contributed by atoms with Crippen molar-refractivity contribution < 1.29 is 9.53 Å². The van der Waals surface area contributed by atoms with Crippen molar-refractivity contribution in [2.45, 2.75) is 46.5 Å². The lowest BCUT2D eigenvalue weighted by Crippen LogP contribution is -1.90. The number of carbonyl (C=O) groups excluding carboxylic acids is 1. The molecule has 0 fully saturated rings. The van der Waals surface area contributed by atoms with Crippen LogP contribution >= 0.6 is 0 Å². The molecular formula is C10H18O2. The van der Waals surface area contributed by atoms with Crippen LogP contribution in [0.4, 0.5) is 0 Å². The van der Waals surface area contributed by atoms with Crippen molar-refractivity contribution in [2.24, 2.45) is 0 Å². The zero-order valence-corrected chi connectivity index (χ0v) is 8.22. The van der Waals surface area contributed by atoms with Gasteiger partial charge >= 0.3 is 0 Å². The monoisotopic (exact) mass is 170 g/mol. The average Bonchev–Trinajstić information content (AvgIpc) is 2.05. The van der Waals surface area contributed by atoms with Gasteiger partial charge in [0, 0.05) is 0 Å². The van der Waals surface area contributed by atoms with E-state index in [2.05, 4.69) is 6.92 Å². The molecule has 0 heterocycles. The van der Waals surface area contributed by atoms with E-state index in [0.29, 0.717) is 6.47 Å². The summed E-state index contributed by atoms with van der Waals surface area (Å²) >= 11 is 0. The summed E-state index contributed by atoms with van der Waals surface area (Å²) in [5.41, 5.74) is 1.18. The van der Waals surface area contributed by atoms with Crippen LogP contribution in [0.1, 0.15) is 46.5 Å². The van der Waals surface area contributed by atoms with Gasteiger partial charge in [0.25, 0.3) is 6.47 Å². The fourth-order valence-electron chi connectivity index (χ4n) is 0.989. The predicted molar refractivity (Wildman–Crippen MR) is 49.7 cm³/mol. The number of allylic oxidation sites excluding steroid dienone is 2. The molecule has 0 N–H and O–H groups in total. The summed E-state index contributed by atoms with van der Waals surface area (Å²) in [6, 6.07) is 0. The van der Waals surface area contributed by atoms with Crippen LogP contribution in [0.25, 0.3) is 0 Å². The minimum absolute atomic E-state index is 0.485. The van der Waals surface area contributed by atoms with E-state index in [1.54, 1.807) is 0 Å². The highest BCUT2D eigenvalue weighted by Gasteiger charge is 1.97. The number of rotatable bonds is 6. The molecule has 0 aliphatic heterocycles. The molecular weight excluding hydrogens is 152 g/mol. The van der Waals surface area contributed by atoms with E-state index in [1.807, 2.05) is 13.8 Å². The van der Waals surface area contributed by atoms with Crippen molar-refractivity contribution in [3.8, 4) is 0 Å². The molecule has 0 aromatic rings. The number of unbranched alkanes of at least 4 members (excludes halogenated alkanes) is 2. The molecule has 0 bridgehead atoms. The van der Waals surface area contributed by atoms with Crippen LogP contribution in [-0.2, 0) is 9.53 Å². The maximum absolute atomic E-state index is 9.99. The summed E-state index contributed by atoms with van der Waals surface area (Å²) in [4.78, 5) is 9.99. The van der Waals surface area contributed by atoms with Gasteiger partial charge in [-0.1, -0.05) is 19.8 Å². The average molecular weight is 170 g/mol. The molecule has 0 aliphatic carbocycles. The summed E-state index contributed by atoms with van der Waals surface area (Å²) in [6.07, 6.45) is 4.68. The quantitative estimate of drug-likeness (QED) is 0.348. The predicted octanol–water partition coefficient (Wildman–Crippen LogP) is 3.03. The van der Waals surface area contributed by atoms with Crippen molar-refractivity contribution in [1.29, 1.82) is 0 Å². The zero-order chi connectivity index (χ0) is 9.40. The van der Waals surface area contributed by atoms with Crippen LogP contribution in [0.5, 0.6) is 0 Å². The van der Waals surface area contributed by atoms with Crippen LogP contribution in [0.15, 0.2) is 11.3 Å². The van der Waals surface area contributed by atoms with Gasteiger partial charge in [-0.25, -0.2) is 0 Å². The molecule has 0 aromatic heterocycles. The van der Waals surface area contributed by atoms with Crippen molar-refractivity contribution in [3.63, 3.8) is 0 Å². The fourth-order valence-corrected chi connectivity index (χ4v) is 0.989.